The molecule has 1 aromatic heterocycles. The predicted octanol–water partition coefficient (Wildman–Crippen LogP) is 2.17. The van der Waals surface area contributed by atoms with Gasteiger partial charge in [-0.3, -0.25) is 14.9 Å². The van der Waals surface area contributed by atoms with Crippen molar-refractivity contribution in [1.29, 1.82) is 0 Å². The average molecular weight is 360 g/mol. The van der Waals surface area contributed by atoms with Gasteiger partial charge in [0.05, 0.1) is 4.92 Å². The van der Waals surface area contributed by atoms with Gasteiger partial charge in [-0.25, -0.2) is 4.39 Å². The van der Waals surface area contributed by atoms with Crippen LogP contribution >= 0.6 is 0 Å². The summed E-state index contributed by atoms with van der Waals surface area (Å²) in [4.78, 5) is 22.8. The molecule has 11 heteroatoms. The molecule has 3 rings (SSSR count). The van der Waals surface area contributed by atoms with Crippen LogP contribution in [-0.2, 0) is 11.3 Å². The molecule has 0 unspecified atom stereocenters. The Kier molecular flexibility index (Phi) is 4.60. The van der Waals surface area contributed by atoms with Crippen LogP contribution in [0.25, 0.3) is 11.4 Å². The van der Waals surface area contributed by atoms with Crippen molar-refractivity contribution < 1.29 is 18.5 Å². The van der Waals surface area contributed by atoms with Crippen LogP contribution in [-0.4, -0.2) is 31.0 Å². The van der Waals surface area contributed by atoms with Crippen molar-refractivity contribution in [2.75, 3.05) is 5.32 Å². The van der Waals surface area contributed by atoms with E-state index < -0.39 is 28.2 Å². The van der Waals surface area contributed by atoms with E-state index in [0.29, 0.717) is 5.56 Å². The van der Waals surface area contributed by atoms with E-state index in [0.717, 1.165) is 16.9 Å². The number of aromatic nitrogens is 4. The smallest absolute Gasteiger partial charge is 0.306 e. The molecule has 26 heavy (non-hydrogen) atoms. The second kappa shape index (κ2) is 7.01. The van der Waals surface area contributed by atoms with Crippen LogP contribution in [0.1, 0.15) is 0 Å². The Labute approximate surface area is 144 Å². The van der Waals surface area contributed by atoms with E-state index in [9.17, 15) is 23.7 Å². The third kappa shape index (κ3) is 3.83. The topological polar surface area (TPSA) is 116 Å². The van der Waals surface area contributed by atoms with Gasteiger partial charge in [-0.2, -0.15) is 9.19 Å². The molecule has 0 aliphatic heterocycles. The molecule has 132 valence electrons. The monoisotopic (exact) mass is 360 g/mol. The first-order chi connectivity index (χ1) is 12.4. The summed E-state index contributed by atoms with van der Waals surface area (Å²) >= 11 is 0. The van der Waals surface area contributed by atoms with Crippen LogP contribution in [0.4, 0.5) is 20.2 Å². The Morgan fingerprint density at radius 1 is 1.23 bits per heavy atom. The van der Waals surface area contributed by atoms with Crippen LogP contribution in [0.3, 0.4) is 0 Å². The number of amides is 1. The van der Waals surface area contributed by atoms with Crippen molar-refractivity contribution in [2.45, 2.75) is 6.54 Å². The standard InChI is InChI=1S/C15H10F2N6O3/c16-10-3-1-2-9(6-10)15-19-21-22(20-15)8-14(24)18-11-4-5-12(17)13(7-11)23(25)26/h1-7H,8H2,(H,18,24). The Hall–Kier alpha value is -3.76. The Morgan fingerprint density at radius 3 is 2.77 bits per heavy atom. The fourth-order valence-electron chi connectivity index (χ4n) is 2.11. The lowest BCUT2D eigenvalue weighted by atomic mass is 10.2. The number of hydrogen-bond donors (Lipinski definition) is 1. The molecular weight excluding hydrogens is 350 g/mol. The molecule has 0 aliphatic carbocycles. The lowest BCUT2D eigenvalue weighted by Gasteiger charge is -2.04. The highest BCUT2D eigenvalue weighted by molar-refractivity contribution is 5.90. The number of nitrogens with one attached hydrogen (secondary N) is 1. The van der Waals surface area contributed by atoms with Crippen molar-refractivity contribution in [3.63, 3.8) is 0 Å². The zero-order valence-electron chi connectivity index (χ0n) is 13.0. The summed E-state index contributed by atoms with van der Waals surface area (Å²) in [7, 11) is 0. The van der Waals surface area contributed by atoms with E-state index >= 15 is 0 Å². The second-order valence-electron chi connectivity index (χ2n) is 5.13. The summed E-state index contributed by atoms with van der Waals surface area (Å²) in [6, 6.07) is 8.53. The number of nitro groups is 1. The highest BCUT2D eigenvalue weighted by Gasteiger charge is 2.16. The third-order valence-electron chi connectivity index (χ3n) is 3.25. The molecule has 0 saturated carbocycles. The molecule has 0 radical (unpaired) electrons. The number of tetrazole rings is 1. The summed E-state index contributed by atoms with van der Waals surface area (Å²) in [5.74, 6) is -1.94. The molecule has 1 N–H and O–H groups in total. The number of nitrogens with zero attached hydrogens (tertiary/aromatic N) is 5. The summed E-state index contributed by atoms with van der Waals surface area (Å²) in [6.07, 6.45) is 0. The van der Waals surface area contributed by atoms with Crippen molar-refractivity contribution >= 4 is 17.3 Å². The van der Waals surface area contributed by atoms with Gasteiger partial charge in [-0.1, -0.05) is 12.1 Å². The van der Waals surface area contributed by atoms with Crippen LogP contribution in [0.2, 0.25) is 0 Å². The summed E-state index contributed by atoms with van der Waals surface area (Å²) in [6.45, 7) is -0.340. The van der Waals surface area contributed by atoms with E-state index in [4.69, 9.17) is 0 Å². The Morgan fingerprint density at radius 2 is 2.04 bits per heavy atom. The van der Waals surface area contributed by atoms with Gasteiger partial charge in [0.1, 0.15) is 12.4 Å². The van der Waals surface area contributed by atoms with Gasteiger partial charge in [0.15, 0.2) is 0 Å². The van der Waals surface area contributed by atoms with Crippen LogP contribution in [0, 0.1) is 21.7 Å². The largest absolute Gasteiger partial charge is 0.324 e. The fraction of sp³-hybridized carbons (Fsp3) is 0.0667. The molecule has 9 nitrogen and oxygen atoms in total. The molecule has 0 aliphatic rings. The van der Waals surface area contributed by atoms with Gasteiger partial charge in [0.2, 0.25) is 17.5 Å². The number of hydrogen-bond acceptors (Lipinski definition) is 6. The number of rotatable bonds is 5. The molecule has 0 spiro atoms. The van der Waals surface area contributed by atoms with Crippen LogP contribution in [0.15, 0.2) is 42.5 Å². The minimum atomic E-state index is -1.01. The van der Waals surface area contributed by atoms with Crippen LogP contribution in [0.5, 0.6) is 0 Å². The first-order valence-electron chi connectivity index (χ1n) is 7.20. The van der Waals surface area contributed by atoms with Gasteiger partial charge in [-0.15, -0.1) is 10.2 Å². The zero-order chi connectivity index (χ0) is 18.7. The molecule has 0 atom stereocenters. The number of halogens is 2. The zero-order valence-corrected chi connectivity index (χ0v) is 13.0. The lowest BCUT2D eigenvalue weighted by molar-refractivity contribution is -0.387. The normalized spacial score (nSPS) is 10.5. The number of benzene rings is 2. The van der Waals surface area contributed by atoms with Gasteiger partial charge < -0.3 is 5.32 Å². The molecule has 1 amide bonds. The quantitative estimate of drug-likeness (QED) is 0.551. The number of carbonyl (C=O) groups is 1. The number of carbonyl (C=O) groups excluding carboxylic acids is 1. The van der Waals surface area contributed by atoms with E-state index in [2.05, 4.69) is 20.7 Å². The molecule has 0 saturated heterocycles. The van der Waals surface area contributed by atoms with Crippen molar-refractivity contribution in [3.05, 3.63) is 64.2 Å². The molecule has 2 aromatic carbocycles. The van der Waals surface area contributed by atoms with Gasteiger partial charge in [-0.05, 0) is 29.5 Å². The van der Waals surface area contributed by atoms with Gasteiger partial charge >= 0.3 is 5.69 Å². The van der Waals surface area contributed by atoms with Gasteiger partial charge in [0.25, 0.3) is 0 Å². The van der Waals surface area contributed by atoms with Crippen LogP contribution < -0.4 is 5.32 Å². The SMILES string of the molecule is O=C(Cn1nnc(-c2cccc(F)c2)n1)Nc1ccc(F)c([N+](=O)[O-])c1. The maximum Gasteiger partial charge on any atom is 0.306 e. The fourth-order valence-corrected chi connectivity index (χ4v) is 2.11. The molecule has 0 fully saturated rings. The summed E-state index contributed by atoms with van der Waals surface area (Å²) < 4.78 is 26.5. The average Bonchev–Trinajstić information content (AvgIpc) is 3.04. The summed E-state index contributed by atoms with van der Waals surface area (Å²) in [5, 5.41) is 24.5. The van der Waals surface area contributed by atoms with E-state index in [-0.39, 0.29) is 18.1 Å². The summed E-state index contributed by atoms with van der Waals surface area (Å²) in [5.41, 5.74) is -0.311. The Balaban J connectivity index is 1.69. The van der Waals surface area contributed by atoms with E-state index in [1.54, 1.807) is 6.07 Å². The highest BCUT2D eigenvalue weighted by Crippen LogP contribution is 2.21. The number of nitro benzene ring substituents is 1. The minimum absolute atomic E-state index is 0.0496. The van der Waals surface area contributed by atoms with Crippen molar-refractivity contribution in [2.24, 2.45) is 0 Å². The van der Waals surface area contributed by atoms with Crippen molar-refractivity contribution in [1.82, 2.24) is 20.2 Å². The maximum atomic E-state index is 13.3. The second-order valence-corrected chi connectivity index (χ2v) is 5.13. The Bertz CT molecular complexity index is 991. The molecule has 1 heterocycles. The van der Waals surface area contributed by atoms with Crippen molar-refractivity contribution in [3.8, 4) is 11.4 Å². The first kappa shape index (κ1) is 17.1. The maximum absolute atomic E-state index is 13.3. The lowest BCUT2D eigenvalue weighted by Crippen LogP contribution is -2.20. The number of anilines is 1. The first-order valence-corrected chi connectivity index (χ1v) is 7.20. The molecule has 3 aromatic rings. The van der Waals surface area contributed by atoms with Gasteiger partial charge in [0, 0.05) is 17.3 Å². The molecule has 0 bridgehead atoms. The predicted molar refractivity (Wildman–Crippen MR) is 84.9 cm³/mol. The highest BCUT2D eigenvalue weighted by atomic mass is 19.1. The van der Waals surface area contributed by atoms with E-state index in [1.807, 2.05) is 0 Å². The minimum Gasteiger partial charge on any atom is -0.324 e. The van der Waals surface area contributed by atoms with E-state index in [1.165, 1.54) is 24.3 Å². The third-order valence-corrected chi connectivity index (χ3v) is 3.25. The molecular formula is C15H10F2N6O3.